The van der Waals surface area contributed by atoms with E-state index in [2.05, 4.69) is 0 Å². The van der Waals surface area contributed by atoms with Gasteiger partial charge in [0.1, 0.15) is 18.1 Å². The molecule has 0 aliphatic heterocycles. The number of aldehydes is 1. The maximum Gasteiger partial charge on any atom is 0.185 e. The highest BCUT2D eigenvalue weighted by atomic mass is 32.2. The van der Waals surface area contributed by atoms with Gasteiger partial charge in [-0.3, -0.25) is 4.79 Å². The molecule has 0 atom stereocenters. The van der Waals surface area contributed by atoms with Gasteiger partial charge in [0.05, 0.1) is 4.90 Å². The van der Waals surface area contributed by atoms with Crippen molar-refractivity contribution in [3.8, 4) is 5.75 Å². The summed E-state index contributed by atoms with van der Waals surface area (Å²) < 4.78 is 33.3. The predicted molar refractivity (Wildman–Crippen MR) is 68.0 cm³/mol. The van der Waals surface area contributed by atoms with Crippen LogP contribution in [0.25, 0.3) is 0 Å². The molecule has 0 aliphatic rings. The van der Waals surface area contributed by atoms with Crippen LogP contribution in [0.15, 0.2) is 45.7 Å². The van der Waals surface area contributed by atoms with E-state index in [1.54, 1.807) is 24.3 Å². The van der Waals surface area contributed by atoms with Gasteiger partial charge in [0.2, 0.25) is 0 Å². The standard InChI is InChI=1S/C13H12O5S/c1-19(15,16)13-4-2-3-10(7-13)17-9-12-6-5-11(8-14)18-12/h2-8H,9H2,1H3. The van der Waals surface area contributed by atoms with Crippen LogP contribution in [0.2, 0.25) is 0 Å². The maximum atomic E-state index is 11.4. The van der Waals surface area contributed by atoms with Crippen LogP contribution >= 0.6 is 0 Å². The zero-order valence-corrected chi connectivity index (χ0v) is 11.0. The van der Waals surface area contributed by atoms with Crippen molar-refractivity contribution >= 4 is 16.1 Å². The van der Waals surface area contributed by atoms with Gasteiger partial charge in [0.15, 0.2) is 21.9 Å². The summed E-state index contributed by atoms with van der Waals surface area (Å²) in [6, 6.07) is 9.37. The first-order valence-electron chi connectivity index (χ1n) is 5.46. The van der Waals surface area contributed by atoms with E-state index in [1.807, 2.05) is 0 Å². The van der Waals surface area contributed by atoms with Crippen molar-refractivity contribution in [2.75, 3.05) is 6.26 Å². The molecule has 0 unspecified atom stereocenters. The van der Waals surface area contributed by atoms with Gasteiger partial charge < -0.3 is 9.15 Å². The molecule has 2 rings (SSSR count). The lowest BCUT2D eigenvalue weighted by Crippen LogP contribution is -1.99. The van der Waals surface area contributed by atoms with E-state index in [-0.39, 0.29) is 17.3 Å². The van der Waals surface area contributed by atoms with Crippen LogP contribution in [0, 0.1) is 0 Å². The van der Waals surface area contributed by atoms with Gasteiger partial charge in [-0.25, -0.2) is 8.42 Å². The summed E-state index contributed by atoms with van der Waals surface area (Å²) in [7, 11) is -3.26. The second-order valence-electron chi connectivity index (χ2n) is 3.96. The second kappa shape index (κ2) is 5.27. The van der Waals surface area contributed by atoms with Gasteiger partial charge in [0.25, 0.3) is 0 Å². The molecule has 6 heteroatoms. The van der Waals surface area contributed by atoms with Crippen LogP contribution < -0.4 is 4.74 Å². The lowest BCUT2D eigenvalue weighted by atomic mass is 10.3. The third kappa shape index (κ3) is 3.45. The van der Waals surface area contributed by atoms with E-state index < -0.39 is 9.84 Å². The Morgan fingerprint density at radius 3 is 2.68 bits per heavy atom. The van der Waals surface area contributed by atoms with Gasteiger partial charge in [0, 0.05) is 6.26 Å². The Kier molecular flexibility index (Phi) is 3.71. The van der Waals surface area contributed by atoms with Crippen LogP contribution in [-0.2, 0) is 16.4 Å². The largest absolute Gasteiger partial charge is 0.486 e. The first kappa shape index (κ1) is 13.4. The zero-order valence-electron chi connectivity index (χ0n) is 10.2. The van der Waals surface area contributed by atoms with Gasteiger partial charge in [-0.1, -0.05) is 6.07 Å². The van der Waals surface area contributed by atoms with E-state index in [0.29, 0.717) is 17.8 Å². The molecule has 1 aromatic heterocycles. The van der Waals surface area contributed by atoms with Crippen molar-refractivity contribution in [2.45, 2.75) is 11.5 Å². The molecule has 1 heterocycles. The topological polar surface area (TPSA) is 73.6 Å². The molecule has 1 aromatic carbocycles. The lowest BCUT2D eigenvalue weighted by Gasteiger charge is -2.05. The number of carbonyl (C=O) groups excluding carboxylic acids is 1. The maximum absolute atomic E-state index is 11.4. The number of hydrogen-bond donors (Lipinski definition) is 0. The number of hydrogen-bond acceptors (Lipinski definition) is 5. The van der Waals surface area contributed by atoms with Gasteiger partial charge in [-0.2, -0.15) is 0 Å². The minimum absolute atomic E-state index is 0.126. The fourth-order valence-electron chi connectivity index (χ4n) is 1.48. The molecular formula is C13H12O5S. The summed E-state index contributed by atoms with van der Waals surface area (Å²) in [4.78, 5) is 10.6. The van der Waals surface area contributed by atoms with Crippen LogP contribution in [0.5, 0.6) is 5.75 Å². The predicted octanol–water partition coefficient (Wildman–Crippen LogP) is 2.07. The van der Waals surface area contributed by atoms with E-state index in [0.717, 1.165) is 6.26 Å². The highest BCUT2D eigenvalue weighted by Gasteiger charge is 2.08. The average Bonchev–Trinajstić information content (AvgIpc) is 2.84. The van der Waals surface area contributed by atoms with Gasteiger partial charge >= 0.3 is 0 Å². The summed E-state index contributed by atoms with van der Waals surface area (Å²) in [5.41, 5.74) is 0. The first-order chi connectivity index (χ1) is 8.99. The Labute approximate surface area is 110 Å². The number of sulfone groups is 1. The molecular weight excluding hydrogens is 268 g/mol. The van der Waals surface area contributed by atoms with Gasteiger partial charge in [-0.05, 0) is 30.3 Å². The molecule has 0 fully saturated rings. The highest BCUT2D eigenvalue weighted by Crippen LogP contribution is 2.19. The minimum Gasteiger partial charge on any atom is -0.486 e. The molecule has 0 saturated carbocycles. The highest BCUT2D eigenvalue weighted by molar-refractivity contribution is 7.90. The van der Waals surface area contributed by atoms with Crippen LogP contribution in [0.4, 0.5) is 0 Å². The molecule has 0 N–H and O–H groups in total. The van der Waals surface area contributed by atoms with E-state index in [9.17, 15) is 13.2 Å². The Balaban J connectivity index is 2.09. The number of benzene rings is 1. The number of ether oxygens (including phenoxy) is 1. The molecule has 0 radical (unpaired) electrons. The van der Waals surface area contributed by atoms with Crippen molar-refractivity contribution in [1.82, 2.24) is 0 Å². The summed E-state index contributed by atoms with van der Waals surface area (Å²) in [6.07, 6.45) is 1.74. The molecule has 5 nitrogen and oxygen atoms in total. The Bertz CT molecular complexity index is 685. The second-order valence-corrected chi connectivity index (χ2v) is 5.97. The molecule has 0 aliphatic carbocycles. The van der Waals surface area contributed by atoms with Crippen LogP contribution in [0.3, 0.4) is 0 Å². The average molecular weight is 280 g/mol. The molecule has 0 amide bonds. The number of carbonyl (C=O) groups is 1. The molecule has 0 bridgehead atoms. The van der Waals surface area contributed by atoms with E-state index >= 15 is 0 Å². The third-order valence-corrected chi connectivity index (χ3v) is 3.52. The summed E-state index contributed by atoms with van der Waals surface area (Å²) in [5.74, 6) is 1.14. The Morgan fingerprint density at radius 2 is 2.05 bits per heavy atom. The molecule has 0 spiro atoms. The van der Waals surface area contributed by atoms with Crippen LogP contribution in [-0.4, -0.2) is 21.0 Å². The molecule has 2 aromatic rings. The fourth-order valence-corrected chi connectivity index (χ4v) is 2.14. The van der Waals surface area contributed by atoms with Crippen LogP contribution in [0.1, 0.15) is 16.3 Å². The summed E-state index contributed by atoms with van der Waals surface area (Å²) in [5, 5.41) is 0. The smallest absolute Gasteiger partial charge is 0.185 e. The third-order valence-electron chi connectivity index (χ3n) is 2.41. The van der Waals surface area contributed by atoms with E-state index in [1.165, 1.54) is 12.1 Å². The van der Waals surface area contributed by atoms with Crippen molar-refractivity contribution in [3.05, 3.63) is 47.9 Å². The molecule has 0 saturated heterocycles. The van der Waals surface area contributed by atoms with Crippen molar-refractivity contribution < 1.29 is 22.4 Å². The summed E-state index contributed by atoms with van der Waals surface area (Å²) in [6.45, 7) is 0.126. The monoisotopic (exact) mass is 280 g/mol. The fraction of sp³-hybridized carbons (Fsp3) is 0.154. The Hall–Kier alpha value is -2.08. The first-order valence-corrected chi connectivity index (χ1v) is 7.35. The van der Waals surface area contributed by atoms with Gasteiger partial charge in [-0.15, -0.1) is 0 Å². The Morgan fingerprint density at radius 1 is 1.26 bits per heavy atom. The van der Waals surface area contributed by atoms with Crippen molar-refractivity contribution in [2.24, 2.45) is 0 Å². The SMILES string of the molecule is CS(=O)(=O)c1cccc(OCc2ccc(C=O)o2)c1. The number of furan rings is 1. The van der Waals surface area contributed by atoms with E-state index in [4.69, 9.17) is 9.15 Å². The summed E-state index contributed by atoms with van der Waals surface area (Å²) >= 11 is 0. The molecule has 100 valence electrons. The zero-order chi connectivity index (χ0) is 13.9. The normalized spacial score (nSPS) is 11.2. The van der Waals surface area contributed by atoms with Crippen molar-refractivity contribution in [3.63, 3.8) is 0 Å². The minimum atomic E-state index is -3.26. The molecule has 19 heavy (non-hydrogen) atoms. The quantitative estimate of drug-likeness (QED) is 0.784. The number of rotatable bonds is 5. The lowest BCUT2D eigenvalue weighted by molar-refractivity contribution is 0.109. The van der Waals surface area contributed by atoms with Crippen molar-refractivity contribution in [1.29, 1.82) is 0 Å².